The molecule has 0 radical (unpaired) electrons. The van der Waals surface area contributed by atoms with E-state index in [0.717, 1.165) is 0 Å². The number of anilines is 1. The second-order valence-electron chi connectivity index (χ2n) is 2.05. The van der Waals surface area contributed by atoms with Crippen LogP contribution in [0.1, 0.15) is 17.3 Å². The van der Waals surface area contributed by atoms with Gasteiger partial charge in [0.05, 0.1) is 11.9 Å². The molecule has 11 heavy (non-hydrogen) atoms. The molecule has 0 aliphatic rings. The fourth-order valence-electron chi connectivity index (χ4n) is 0.753. The summed E-state index contributed by atoms with van der Waals surface area (Å²) in [4.78, 5) is 17.2. The topological polar surface area (TPSA) is 71.8 Å². The van der Waals surface area contributed by atoms with Crippen molar-refractivity contribution in [3.05, 3.63) is 16.5 Å². The summed E-state index contributed by atoms with van der Waals surface area (Å²) in [6.07, 6.45) is 1.37. The maximum Gasteiger partial charge on any atom is 0.166 e. The van der Waals surface area contributed by atoms with E-state index < -0.39 is 0 Å². The standard InChI is InChI=1S/C6H7N3OS/c1-3(10)4-5(7)8-2-9-6(4)11/h2H,1H3,(H3,7,8,9,11). The number of nitrogens with one attached hydrogen (secondary N) is 1. The van der Waals surface area contributed by atoms with Crippen LogP contribution < -0.4 is 5.73 Å². The second kappa shape index (κ2) is 2.79. The van der Waals surface area contributed by atoms with Crippen molar-refractivity contribution in [2.75, 3.05) is 5.73 Å². The summed E-state index contributed by atoms with van der Waals surface area (Å²) in [6, 6.07) is 0. The highest BCUT2D eigenvalue weighted by atomic mass is 32.1. The lowest BCUT2D eigenvalue weighted by Gasteiger charge is -1.98. The third-order valence-electron chi connectivity index (χ3n) is 1.24. The van der Waals surface area contributed by atoms with Crippen molar-refractivity contribution in [1.29, 1.82) is 0 Å². The van der Waals surface area contributed by atoms with E-state index in [-0.39, 0.29) is 16.2 Å². The lowest BCUT2D eigenvalue weighted by atomic mass is 10.2. The van der Waals surface area contributed by atoms with Gasteiger partial charge in [-0.1, -0.05) is 12.2 Å². The quantitative estimate of drug-likeness (QED) is 0.484. The highest BCUT2D eigenvalue weighted by Crippen LogP contribution is 2.07. The molecule has 3 N–H and O–H groups in total. The summed E-state index contributed by atoms with van der Waals surface area (Å²) in [5, 5.41) is 0. The molecule has 1 rings (SSSR count). The smallest absolute Gasteiger partial charge is 0.166 e. The molecule has 1 heterocycles. The zero-order valence-corrected chi connectivity index (χ0v) is 6.73. The minimum atomic E-state index is -0.170. The van der Waals surface area contributed by atoms with Crippen LogP contribution in [0.25, 0.3) is 0 Å². The van der Waals surface area contributed by atoms with Crippen LogP contribution >= 0.6 is 12.2 Å². The first-order valence-corrected chi connectivity index (χ1v) is 3.38. The minimum absolute atomic E-state index is 0.170. The molecular weight excluding hydrogens is 162 g/mol. The summed E-state index contributed by atoms with van der Waals surface area (Å²) in [5.74, 6) is 0.106. The Morgan fingerprint density at radius 1 is 1.82 bits per heavy atom. The summed E-state index contributed by atoms with van der Waals surface area (Å²) >= 11 is 4.78. The zero-order valence-electron chi connectivity index (χ0n) is 5.92. The molecule has 0 saturated heterocycles. The molecule has 0 fully saturated rings. The van der Waals surface area contributed by atoms with Gasteiger partial charge in [-0.25, -0.2) is 4.98 Å². The maximum absolute atomic E-state index is 10.9. The predicted octanol–water partition coefficient (Wildman–Crippen LogP) is 0.924. The van der Waals surface area contributed by atoms with Gasteiger partial charge in [0.2, 0.25) is 0 Å². The van der Waals surface area contributed by atoms with Crippen LogP contribution in [-0.4, -0.2) is 15.8 Å². The van der Waals surface area contributed by atoms with Crippen molar-refractivity contribution >= 4 is 23.8 Å². The first-order chi connectivity index (χ1) is 5.13. The molecule has 0 aromatic carbocycles. The van der Waals surface area contributed by atoms with Gasteiger partial charge in [-0.05, 0) is 6.92 Å². The Hall–Kier alpha value is -1.23. The first kappa shape index (κ1) is 7.87. The van der Waals surface area contributed by atoms with Crippen LogP contribution in [0.3, 0.4) is 0 Å². The molecule has 5 heteroatoms. The molecule has 0 atom stereocenters. The number of hydrogen-bond acceptors (Lipinski definition) is 4. The molecule has 4 nitrogen and oxygen atoms in total. The summed E-state index contributed by atoms with van der Waals surface area (Å²) in [7, 11) is 0. The Balaban J connectivity index is 3.45. The lowest BCUT2D eigenvalue weighted by Crippen LogP contribution is -2.03. The second-order valence-corrected chi connectivity index (χ2v) is 2.44. The van der Waals surface area contributed by atoms with E-state index >= 15 is 0 Å². The van der Waals surface area contributed by atoms with Gasteiger partial charge in [0, 0.05) is 0 Å². The third-order valence-corrected chi connectivity index (χ3v) is 1.55. The van der Waals surface area contributed by atoms with Crippen molar-refractivity contribution in [1.82, 2.24) is 9.97 Å². The SMILES string of the molecule is CC(=O)c1c(N)[nH]cnc1=S. The maximum atomic E-state index is 10.9. The molecule has 58 valence electrons. The molecule has 0 aliphatic carbocycles. The van der Waals surface area contributed by atoms with Crippen molar-refractivity contribution in [3.63, 3.8) is 0 Å². The van der Waals surface area contributed by atoms with Gasteiger partial charge >= 0.3 is 0 Å². The molecule has 1 aromatic heterocycles. The molecular formula is C6H7N3OS. The fraction of sp³-hybridized carbons (Fsp3) is 0.167. The molecule has 0 amide bonds. The van der Waals surface area contributed by atoms with E-state index in [2.05, 4.69) is 9.97 Å². The van der Waals surface area contributed by atoms with Gasteiger partial charge in [-0.3, -0.25) is 4.79 Å². The van der Waals surface area contributed by atoms with E-state index in [4.69, 9.17) is 18.0 Å². The molecule has 0 aliphatic heterocycles. The molecule has 0 unspecified atom stereocenters. The number of carbonyl (C=O) groups is 1. The minimum Gasteiger partial charge on any atom is -0.385 e. The van der Waals surface area contributed by atoms with E-state index in [1.807, 2.05) is 0 Å². The molecule has 0 bridgehead atoms. The van der Waals surface area contributed by atoms with Gasteiger partial charge in [-0.15, -0.1) is 0 Å². The van der Waals surface area contributed by atoms with Crippen LogP contribution in [-0.2, 0) is 0 Å². The number of Topliss-reactive ketones (excluding diaryl/α,β-unsaturated/α-hetero) is 1. The lowest BCUT2D eigenvalue weighted by molar-refractivity contribution is 0.101. The average Bonchev–Trinajstić information content (AvgIpc) is 1.85. The largest absolute Gasteiger partial charge is 0.385 e. The number of carbonyl (C=O) groups excluding carboxylic acids is 1. The summed E-state index contributed by atoms with van der Waals surface area (Å²) < 4.78 is 0.244. The highest BCUT2D eigenvalue weighted by Gasteiger charge is 2.06. The van der Waals surface area contributed by atoms with E-state index in [1.165, 1.54) is 13.3 Å². The van der Waals surface area contributed by atoms with Crippen LogP contribution in [0, 0.1) is 4.64 Å². The molecule has 0 saturated carbocycles. The van der Waals surface area contributed by atoms with Gasteiger partial charge in [0.25, 0.3) is 0 Å². The number of aromatic amines is 1. The van der Waals surface area contributed by atoms with Gasteiger partial charge in [-0.2, -0.15) is 0 Å². The van der Waals surface area contributed by atoms with Gasteiger partial charge in [0.15, 0.2) is 5.78 Å². The Labute approximate surface area is 68.5 Å². The van der Waals surface area contributed by atoms with E-state index in [1.54, 1.807) is 0 Å². The van der Waals surface area contributed by atoms with Crippen LogP contribution in [0.4, 0.5) is 5.82 Å². The fourth-order valence-corrected chi connectivity index (χ4v) is 1.06. The first-order valence-electron chi connectivity index (χ1n) is 2.97. The van der Waals surface area contributed by atoms with Gasteiger partial charge < -0.3 is 10.7 Å². The van der Waals surface area contributed by atoms with Crippen LogP contribution in [0.2, 0.25) is 0 Å². The highest BCUT2D eigenvalue weighted by molar-refractivity contribution is 7.71. The Kier molecular flexibility index (Phi) is 2.00. The summed E-state index contributed by atoms with van der Waals surface area (Å²) in [6.45, 7) is 1.40. The monoisotopic (exact) mass is 169 g/mol. The van der Waals surface area contributed by atoms with Crippen molar-refractivity contribution in [2.45, 2.75) is 6.92 Å². The number of nitrogens with two attached hydrogens (primary N) is 1. The number of H-pyrrole nitrogens is 1. The number of rotatable bonds is 1. The predicted molar refractivity (Wildman–Crippen MR) is 43.8 cm³/mol. The molecule has 1 aromatic rings. The Morgan fingerprint density at radius 2 is 2.45 bits per heavy atom. The molecule has 0 spiro atoms. The average molecular weight is 169 g/mol. The number of hydrogen-bond donors (Lipinski definition) is 2. The van der Waals surface area contributed by atoms with Crippen LogP contribution in [0.15, 0.2) is 6.33 Å². The van der Waals surface area contributed by atoms with E-state index in [9.17, 15) is 4.79 Å². The van der Waals surface area contributed by atoms with Gasteiger partial charge in [0.1, 0.15) is 10.5 Å². The van der Waals surface area contributed by atoms with Crippen molar-refractivity contribution in [3.8, 4) is 0 Å². The number of nitrogen functional groups attached to an aromatic ring is 1. The van der Waals surface area contributed by atoms with Crippen molar-refractivity contribution in [2.24, 2.45) is 0 Å². The summed E-state index contributed by atoms with van der Waals surface area (Å²) in [5.41, 5.74) is 5.73. The van der Waals surface area contributed by atoms with Crippen LogP contribution in [0.5, 0.6) is 0 Å². The number of aromatic nitrogens is 2. The Bertz CT molecular complexity index is 344. The Morgan fingerprint density at radius 3 is 2.82 bits per heavy atom. The third kappa shape index (κ3) is 1.43. The van der Waals surface area contributed by atoms with Crippen molar-refractivity contribution < 1.29 is 4.79 Å². The number of ketones is 1. The normalized spacial score (nSPS) is 9.55. The number of nitrogens with zero attached hydrogens (tertiary/aromatic N) is 1. The van der Waals surface area contributed by atoms with E-state index in [0.29, 0.717) is 5.56 Å². The zero-order chi connectivity index (χ0) is 8.43.